The van der Waals surface area contributed by atoms with Crippen LogP contribution in [0, 0.1) is 25.2 Å². The third-order valence-corrected chi connectivity index (χ3v) is 16.7. The number of benzene rings is 2. The fraction of sp³-hybridized carbons (Fsp3) is 0.250. The Morgan fingerprint density at radius 3 is 1.50 bits per heavy atom. The van der Waals surface area contributed by atoms with Gasteiger partial charge in [0, 0.05) is 66.7 Å². The van der Waals surface area contributed by atoms with Crippen molar-refractivity contribution in [2.24, 2.45) is 0 Å². The van der Waals surface area contributed by atoms with Gasteiger partial charge in [0.1, 0.15) is 17.7 Å². The first kappa shape index (κ1) is 42.8. The molecule has 2 aromatic carbocycles. The Kier molecular flexibility index (Phi) is 10.4. The average Bonchev–Trinajstić information content (AvgIpc) is 4.19. The number of fused-ring (bicyclic) bond motifs is 6. The van der Waals surface area contributed by atoms with E-state index in [0.717, 1.165) is 67.6 Å². The Balaban J connectivity index is 0.000000149. The summed E-state index contributed by atoms with van der Waals surface area (Å²) in [6.07, 6.45) is 20.2. The van der Waals surface area contributed by atoms with Gasteiger partial charge < -0.3 is 9.13 Å². The number of aromatic nitrogens is 12. The van der Waals surface area contributed by atoms with E-state index in [-0.39, 0.29) is 33.7 Å². The lowest BCUT2D eigenvalue weighted by molar-refractivity contribution is 0.112. The molecule has 0 radical (unpaired) electrons. The summed E-state index contributed by atoms with van der Waals surface area (Å²) in [6.45, 7) is 3.83. The second kappa shape index (κ2) is 16.5. The van der Waals surface area contributed by atoms with Crippen molar-refractivity contribution in [2.45, 2.75) is 86.1 Å². The van der Waals surface area contributed by atoms with E-state index in [1.807, 2.05) is 59.6 Å². The molecule has 68 heavy (non-hydrogen) atoms. The number of aldehydes is 1. The minimum Gasteiger partial charge on any atom is -0.350 e. The van der Waals surface area contributed by atoms with Gasteiger partial charge in [-0.3, -0.25) is 13.6 Å². The highest BCUT2D eigenvalue weighted by atomic mass is 32.2. The van der Waals surface area contributed by atoms with Crippen LogP contribution in [0.3, 0.4) is 0 Å². The van der Waals surface area contributed by atoms with Gasteiger partial charge in [0.2, 0.25) is 0 Å². The van der Waals surface area contributed by atoms with E-state index >= 15 is 0 Å². The molecule has 0 bridgehead atoms. The summed E-state index contributed by atoms with van der Waals surface area (Å²) in [4.78, 5) is 20.3. The van der Waals surface area contributed by atoms with Crippen LogP contribution in [-0.2, 0) is 20.0 Å². The van der Waals surface area contributed by atoms with Crippen molar-refractivity contribution < 1.29 is 21.6 Å². The Morgan fingerprint density at radius 1 is 0.588 bits per heavy atom. The smallest absolute Gasteiger partial charge is 0.269 e. The summed E-state index contributed by atoms with van der Waals surface area (Å²) in [5.74, 6) is 1.93. The zero-order valence-corrected chi connectivity index (χ0v) is 38.5. The van der Waals surface area contributed by atoms with Gasteiger partial charge >= 0.3 is 0 Å². The molecular weight excluding hydrogens is 903 g/mol. The fourth-order valence-corrected chi connectivity index (χ4v) is 12.4. The van der Waals surface area contributed by atoms with Crippen LogP contribution in [0.15, 0.2) is 132 Å². The van der Waals surface area contributed by atoms with Crippen LogP contribution in [-0.4, -0.2) is 79.4 Å². The number of carbonyl (C=O) groups excluding carboxylic acids is 1. The second-order valence-corrected chi connectivity index (χ2v) is 21.2. The predicted octanol–water partition coefficient (Wildman–Crippen LogP) is 7.55. The zero-order valence-electron chi connectivity index (χ0n) is 36.8. The summed E-state index contributed by atoms with van der Waals surface area (Å²) in [7, 11) is -7.60. The molecular formula is C48H43N13O5S2. The standard InChI is InChI=1S/C24H21N7O2S.C24H22N6O3S/c1-16-2-6-20(7-3-16)34(32,33)30-11-9-21-24(30)26-14-22-27-28-23(31(21)22)18-4-5-19(12-18)29-10-8-17(13-25)15-29;1-16-2-6-20(7-3-16)34(32,33)29-11-9-21-24(29)25-13-22-26-27-23(30(21)22)18-4-5-19(12-18)28-10-8-17(14-28)15-31/h2-3,6-11,14-15,18-19H,4-5,12H2,1H3;2-3,6-11,13-15,18-19H,4-5,12H2,1H3/t2*18?,19-/m00/s1. The number of rotatable bonds is 9. The maximum Gasteiger partial charge on any atom is 0.269 e. The summed E-state index contributed by atoms with van der Waals surface area (Å²) in [5, 5.41) is 26.7. The normalized spacial score (nSPS) is 18.7. The minimum atomic E-state index is -3.80. The van der Waals surface area contributed by atoms with Crippen molar-refractivity contribution in [3.63, 3.8) is 0 Å². The van der Waals surface area contributed by atoms with Crippen molar-refractivity contribution in [1.82, 2.24) is 56.2 Å². The molecule has 0 N–H and O–H groups in total. The summed E-state index contributed by atoms with van der Waals surface area (Å²) >= 11 is 0. The molecule has 10 aromatic rings. The Morgan fingerprint density at radius 2 is 1.06 bits per heavy atom. The summed E-state index contributed by atoms with van der Waals surface area (Å²) in [5.41, 5.74) is 6.46. The lowest BCUT2D eigenvalue weighted by atomic mass is 10.1. The van der Waals surface area contributed by atoms with E-state index in [4.69, 9.17) is 5.26 Å². The maximum atomic E-state index is 13.3. The Bertz CT molecular complexity index is 3830. The third-order valence-electron chi connectivity index (χ3n) is 13.4. The molecule has 8 heterocycles. The van der Waals surface area contributed by atoms with Crippen molar-refractivity contribution >= 4 is 60.0 Å². The summed E-state index contributed by atoms with van der Waals surface area (Å²) < 4.78 is 63.7. The Hall–Kier alpha value is -7.76. The zero-order chi connectivity index (χ0) is 46.9. The lowest BCUT2D eigenvalue weighted by Gasteiger charge is -2.13. The maximum absolute atomic E-state index is 13.3. The van der Waals surface area contributed by atoms with Crippen LogP contribution in [0.4, 0.5) is 0 Å². The monoisotopic (exact) mass is 945 g/mol. The first-order valence-electron chi connectivity index (χ1n) is 22.2. The molecule has 18 nitrogen and oxygen atoms in total. The number of carbonyl (C=O) groups is 1. The van der Waals surface area contributed by atoms with E-state index in [1.165, 1.54) is 20.3 Å². The van der Waals surface area contributed by atoms with Gasteiger partial charge in [0.05, 0.1) is 38.8 Å². The van der Waals surface area contributed by atoms with Gasteiger partial charge in [-0.25, -0.2) is 34.7 Å². The van der Waals surface area contributed by atoms with Gasteiger partial charge in [-0.05, 0) is 101 Å². The highest BCUT2D eigenvalue weighted by molar-refractivity contribution is 7.90. The topological polar surface area (TPSA) is 215 Å². The van der Waals surface area contributed by atoms with Gasteiger partial charge in [-0.1, -0.05) is 35.4 Å². The molecule has 2 unspecified atom stereocenters. The molecule has 8 aromatic heterocycles. The number of hydrogen-bond acceptors (Lipinski definition) is 12. The molecule has 0 amide bonds. The molecule has 2 saturated carbocycles. The number of hydrogen-bond donors (Lipinski definition) is 0. The molecule has 2 fully saturated rings. The van der Waals surface area contributed by atoms with Crippen LogP contribution in [0.5, 0.6) is 0 Å². The predicted molar refractivity (Wildman–Crippen MR) is 250 cm³/mol. The van der Waals surface area contributed by atoms with E-state index in [2.05, 4.69) is 45.6 Å². The molecule has 0 aliphatic heterocycles. The lowest BCUT2D eigenvalue weighted by Crippen LogP contribution is -2.13. The first-order chi connectivity index (χ1) is 32.9. The number of nitrogens with zero attached hydrogens (tertiary/aromatic N) is 13. The van der Waals surface area contributed by atoms with Gasteiger partial charge in [0.25, 0.3) is 20.0 Å². The molecule has 2 aliphatic rings. The summed E-state index contributed by atoms with van der Waals surface area (Å²) in [6, 6.07) is 23.4. The molecule has 12 rings (SSSR count). The van der Waals surface area contributed by atoms with Crippen LogP contribution < -0.4 is 0 Å². The van der Waals surface area contributed by atoms with E-state index < -0.39 is 20.0 Å². The van der Waals surface area contributed by atoms with E-state index in [0.29, 0.717) is 44.7 Å². The van der Waals surface area contributed by atoms with Crippen molar-refractivity contribution in [1.29, 1.82) is 5.26 Å². The van der Waals surface area contributed by atoms with Crippen LogP contribution in [0.1, 0.15) is 101 Å². The third kappa shape index (κ3) is 7.25. The van der Waals surface area contributed by atoms with Crippen molar-refractivity contribution in [2.75, 3.05) is 0 Å². The molecule has 20 heteroatoms. The second-order valence-electron chi connectivity index (χ2n) is 17.6. The van der Waals surface area contributed by atoms with Crippen molar-refractivity contribution in [3.05, 3.63) is 156 Å². The quantitative estimate of drug-likeness (QED) is 0.128. The highest BCUT2D eigenvalue weighted by Gasteiger charge is 2.33. The average molecular weight is 946 g/mol. The van der Waals surface area contributed by atoms with Crippen molar-refractivity contribution in [3.8, 4) is 6.07 Å². The van der Waals surface area contributed by atoms with Crippen LogP contribution in [0.25, 0.3) is 33.6 Å². The number of aryl methyl sites for hydroxylation is 2. The van der Waals surface area contributed by atoms with E-state index in [9.17, 15) is 21.6 Å². The number of nitriles is 1. The van der Waals surface area contributed by atoms with E-state index in [1.54, 1.807) is 73.1 Å². The first-order valence-corrected chi connectivity index (χ1v) is 25.1. The molecule has 4 atom stereocenters. The van der Waals surface area contributed by atoms with Gasteiger partial charge in [-0.2, -0.15) is 5.26 Å². The molecule has 342 valence electrons. The molecule has 0 saturated heterocycles. The van der Waals surface area contributed by atoms with Crippen LogP contribution >= 0.6 is 0 Å². The van der Waals surface area contributed by atoms with Gasteiger partial charge in [-0.15, -0.1) is 20.4 Å². The molecule has 0 spiro atoms. The minimum absolute atomic E-state index is 0.157. The van der Waals surface area contributed by atoms with Gasteiger partial charge in [0.15, 0.2) is 28.9 Å². The fourth-order valence-electron chi connectivity index (χ4n) is 9.83. The Labute approximate surface area is 389 Å². The largest absolute Gasteiger partial charge is 0.350 e. The molecule has 2 aliphatic carbocycles. The van der Waals surface area contributed by atoms with Crippen LogP contribution in [0.2, 0.25) is 0 Å². The SMILES string of the molecule is Cc1ccc(S(=O)(=O)n2ccc3c2ncc2nnc(C4CC[C@H](n5ccc(C#N)c5)C4)n23)cc1.Cc1ccc(S(=O)(=O)n2ccc3c2ncc2nnc(C4CC[C@H](n5ccc(C=O)c5)C4)n23)cc1. The highest BCUT2D eigenvalue weighted by Crippen LogP contribution is 2.42.